The summed E-state index contributed by atoms with van der Waals surface area (Å²) >= 11 is 3.49. The Morgan fingerprint density at radius 1 is 1.20 bits per heavy atom. The van der Waals surface area contributed by atoms with Crippen molar-refractivity contribution in [2.75, 3.05) is 18.8 Å². The van der Waals surface area contributed by atoms with E-state index < -0.39 is 0 Å². The van der Waals surface area contributed by atoms with Crippen LogP contribution >= 0.6 is 35.5 Å². The number of aromatic nitrogens is 1. The van der Waals surface area contributed by atoms with Crippen LogP contribution in [0.15, 0.2) is 52.4 Å². The number of rotatable bonds is 1. The fraction of sp³-hybridized carbons (Fsp3) is 0.286. The van der Waals surface area contributed by atoms with E-state index in [1.54, 1.807) is 23.0 Å². The number of halogens is 1. The standard InChI is InChI=1S/C11H12N2S.C3H3NS.ClH/c1-2-4-9(5-3-1)10-8-13-6-7-14-11(13)12-10;1-2-5-3-4-1;/h1-5,10H,6-8H2;1-3H;1H/t10-;;/m1../s1. The van der Waals surface area contributed by atoms with Gasteiger partial charge in [-0.1, -0.05) is 42.1 Å². The van der Waals surface area contributed by atoms with Crippen LogP contribution in [-0.4, -0.2) is 33.9 Å². The van der Waals surface area contributed by atoms with Gasteiger partial charge >= 0.3 is 0 Å². The van der Waals surface area contributed by atoms with E-state index in [0.717, 1.165) is 6.54 Å². The zero-order valence-corrected chi connectivity index (χ0v) is 13.3. The van der Waals surface area contributed by atoms with Gasteiger partial charge in [-0.3, -0.25) is 9.98 Å². The van der Waals surface area contributed by atoms with E-state index in [1.165, 1.54) is 23.0 Å². The lowest BCUT2D eigenvalue weighted by Gasteiger charge is -2.12. The lowest BCUT2D eigenvalue weighted by molar-refractivity contribution is 0.464. The van der Waals surface area contributed by atoms with E-state index in [0.29, 0.717) is 6.04 Å². The normalized spacial score (nSPS) is 19.5. The van der Waals surface area contributed by atoms with Crippen molar-refractivity contribution < 1.29 is 0 Å². The second-order valence-corrected chi connectivity index (χ2v) is 6.13. The molecule has 0 radical (unpaired) electrons. The fourth-order valence-electron chi connectivity index (χ4n) is 2.14. The third-order valence-corrected chi connectivity index (χ3v) is 4.58. The smallest absolute Gasteiger partial charge is 0.160 e. The molecule has 2 aliphatic heterocycles. The average molecular weight is 326 g/mol. The van der Waals surface area contributed by atoms with Gasteiger partial charge in [0.05, 0.1) is 11.6 Å². The van der Waals surface area contributed by atoms with E-state index in [1.807, 2.05) is 17.1 Å². The minimum absolute atomic E-state index is 0. The first-order valence-electron chi connectivity index (χ1n) is 6.26. The highest BCUT2D eigenvalue weighted by Crippen LogP contribution is 2.31. The Labute approximate surface area is 133 Å². The molecule has 106 valence electrons. The van der Waals surface area contributed by atoms with Crippen LogP contribution in [0.2, 0.25) is 0 Å². The number of thiazole rings is 1. The highest BCUT2D eigenvalue weighted by Gasteiger charge is 2.29. The van der Waals surface area contributed by atoms with Crippen molar-refractivity contribution >= 4 is 40.7 Å². The molecule has 0 saturated carbocycles. The van der Waals surface area contributed by atoms with Gasteiger partial charge in [0.1, 0.15) is 0 Å². The van der Waals surface area contributed by atoms with Crippen LogP contribution in [0, 0.1) is 0 Å². The molecule has 1 saturated heterocycles. The number of benzene rings is 1. The molecule has 3 heterocycles. The maximum absolute atomic E-state index is 4.73. The molecule has 1 aromatic heterocycles. The van der Waals surface area contributed by atoms with E-state index in [-0.39, 0.29) is 12.4 Å². The van der Waals surface area contributed by atoms with E-state index in [2.05, 4.69) is 40.2 Å². The molecule has 4 rings (SSSR count). The maximum atomic E-state index is 4.73. The maximum Gasteiger partial charge on any atom is 0.160 e. The lowest BCUT2D eigenvalue weighted by atomic mass is 10.1. The molecule has 0 unspecified atom stereocenters. The first-order valence-corrected chi connectivity index (χ1v) is 8.19. The van der Waals surface area contributed by atoms with Crippen LogP contribution < -0.4 is 0 Å². The lowest BCUT2D eigenvalue weighted by Crippen LogP contribution is -2.21. The molecule has 20 heavy (non-hydrogen) atoms. The Kier molecular flexibility index (Phi) is 5.88. The van der Waals surface area contributed by atoms with Crippen molar-refractivity contribution in [3.05, 3.63) is 53.0 Å². The Morgan fingerprint density at radius 3 is 2.65 bits per heavy atom. The molecule has 1 atom stereocenters. The summed E-state index contributed by atoms with van der Waals surface area (Å²) in [6.07, 6.45) is 1.77. The van der Waals surface area contributed by atoms with E-state index in [9.17, 15) is 0 Å². The summed E-state index contributed by atoms with van der Waals surface area (Å²) < 4.78 is 0. The summed E-state index contributed by atoms with van der Waals surface area (Å²) in [6, 6.07) is 10.9. The fourth-order valence-corrected chi connectivity index (χ4v) is 3.53. The van der Waals surface area contributed by atoms with Crippen LogP contribution in [0.5, 0.6) is 0 Å². The van der Waals surface area contributed by atoms with E-state index in [4.69, 9.17) is 4.99 Å². The van der Waals surface area contributed by atoms with Crippen molar-refractivity contribution in [3.63, 3.8) is 0 Å². The molecular formula is C14H16ClN3S2. The summed E-state index contributed by atoms with van der Waals surface area (Å²) in [4.78, 5) is 10.9. The third-order valence-electron chi connectivity index (χ3n) is 3.05. The summed E-state index contributed by atoms with van der Waals surface area (Å²) in [5.41, 5.74) is 3.13. The zero-order chi connectivity index (χ0) is 12.9. The van der Waals surface area contributed by atoms with Gasteiger partial charge in [-0.15, -0.1) is 23.7 Å². The predicted molar refractivity (Wildman–Crippen MR) is 90.0 cm³/mol. The quantitative estimate of drug-likeness (QED) is 0.800. The van der Waals surface area contributed by atoms with Gasteiger partial charge in [0.2, 0.25) is 0 Å². The summed E-state index contributed by atoms with van der Waals surface area (Å²) in [7, 11) is 0. The Hall–Kier alpha value is -1.04. The van der Waals surface area contributed by atoms with Crippen molar-refractivity contribution in [1.82, 2.24) is 9.88 Å². The number of thioether (sulfide) groups is 1. The largest absolute Gasteiger partial charge is 0.348 e. The Bertz CT molecular complexity index is 513. The highest BCUT2D eigenvalue weighted by atomic mass is 35.5. The molecule has 2 aromatic rings. The zero-order valence-electron chi connectivity index (χ0n) is 10.9. The van der Waals surface area contributed by atoms with Crippen molar-refractivity contribution in [2.45, 2.75) is 6.04 Å². The summed E-state index contributed by atoms with van der Waals surface area (Å²) in [5, 5.41) is 3.18. The van der Waals surface area contributed by atoms with Gasteiger partial charge < -0.3 is 4.90 Å². The second kappa shape index (κ2) is 7.67. The molecule has 3 nitrogen and oxygen atoms in total. The monoisotopic (exact) mass is 325 g/mol. The van der Waals surface area contributed by atoms with Crippen LogP contribution in [0.3, 0.4) is 0 Å². The number of hydrogen-bond acceptors (Lipinski definition) is 5. The van der Waals surface area contributed by atoms with Crippen LogP contribution in [0.4, 0.5) is 0 Å². The molecule has 1 aromatic carbocycles. The van der Waals surface area contributed by atoms with Crippen molar-refractivity contribution in [2.24, 2.45) is 4.99 Å². The topological polar surface area (TPSA) is 28.5 Å². The minimum Gasteiger partial charge on any atom is -0.348 e. The molecule has 0 N–H and O–H groups in total. The van der Waals surface area contributed by atoms with Gasteiger partial charge in [-0.05, 0) is 5.56 Å². The molecule has 2 aliphatic rings. The highest BCUT2D eigenvalue weighted by molar-refractivity contribution is 8.14. The van der Waals surface area contributed by atoms with E-state index >= 15 is 0 Å². The number of nitrogens with zero attached hydrogens (tertiary/aromatic N) is 3. The molecule has 0 spiro atoms. The molecule has 0 aliphatic carbocycles. The van der Waals surface area contributed by atoms with Crippen LogP contribution in [-0.2, 0) is 0 Å². The first kappa shape index (κ1) is 15.4. The Morgan fingerprint density at radius 2 is 2.05 bits per heavy atom. The number of aliphatic imine (C=N–C) groups is 1. The van der Waals surface area contributed by atoms with Gasteiger partial charge in [0, 0.05) is 30.4 Å². The van der Waals surface area contributed by atoms with Gasteiger partial charge in [-0.25, -0.2) is 0 Å². The van der Waals surface area contributed by atoms with Gasteiger partial charge in [0.25, 0.3) is 0 Å². The van der Waals surface area contributed by atoms with Crippen LogP contribution in [0.25, 0.3) is 0 Å². The minimum atomic E-state index is 0. The average Bonchev–Trinajstić information content (AvgIpc) is 3.18. The third kappa shape index (κ3) is 3.75. The Balaban J connectivity index is 0.000000210. The molecule has 0 amide bonds. The SMILES string of the molecule is Cl.c1ccc([C@H]2CN3CCSC3=N2)cc1.c1cscn1. The van der Waals surface area contributed by atoms with Gasteiger partial charge in [0.15, 0.2) is 5.17 Å². The molecule has 6 heteroatoms. The summed E-state index contributed by atoms with van der Waals surface area (Å²) in [5.74, 6) is 1.21. The second-order valence-electron chi connectivity index (χ2n) is 4.31. The van der Waals surface area contributed by atoms with Crippen LogP contribution in [0.1, 0.15) is 11.6 Å². The number of fused-ring (bicyclic) bond motifs is 1. The van der Waals surface area contributed by atoms with Gasteiger partial charge in [-0.2, -0.15) is 0 Å². The first-order chi connectivity index (χ1) is 9.43. The van der Waals surface area contributed by atoms with Crippen molar-refractivity contribution in [1.29, 1.82) is 0 Å². The number of amidine groups is 1. The molecule has 0 bridgehead atoms. The number of hydrogen-bond donors (Lipinski definition) is 0. The predicted octanol–water partition coefficient (Wildman–Crippen LogP) is 3.71. The summed E-state index contributed by atoms with van der Waals surface area (Å²) in [6.45, 7) is 2.25. The van der Waals surface area contributed by atoms with Crippen molar-refractivity contribution in [3.8, 4) is 0 Å². The molecular weight excluding hydrogens is 310 g/mol. The molecule has 1 fully saturated rings.